The first-order valence-electron chi connectivity index (χ1n) is 11.5. The third-order valence-corrected chi connectivity index (χ3v) is 6.81. The molecule has 0 amide bonds. The van der Waals surface area contributed by atoms with Gasteiger partial charge in [0.2, 0.25) is 0 Å². The minimum atomic E-state index is -0.0267. The summed E-state index contributed by atoms with van der Waals surface area (Å²) in [4.78, 5) is 6.85. The van der Waals surface area contributed by atoms with E-state index in [0.29, 0.717) is 17.3 Å². The van der Waals surface area contributed by atoms with Crippen LogP contribution in [0.1, 0.15) is 68.9 Å². The van der Waals surface area contributed by atoms with Crippen molar-refractivity contribution >= 4 is 23.0 Å². The summed E-state index contributed by atoms with van der Waals surface area (Å²) >= 11 is 5.83. The fourth-order valence-electron chi connectivity index (χ4n) is 4.78. The molecule has 1 N–H and O–H groups in total. The smallest absolute Gasteiger partial charge is 0.174 e. The van der Waals surface area contributed by atoms with Crippen LogP contribution in [0.3, 0.4) is 0 Å². The Morgan fingerprint density at radius 2 is 1.84 bits per heavy atom. The Balaban J connectivity index is 1.48. The molecule has 1 aromatic carbocycles. The summed E-state index contributed by atoms with van der Waals surface area (Å²) in [5.74, 6) is 0.933. The molecular weight excluding hydrogens is 416 g/mol. The third-order valence-electron chi connectivity index (χ3n) is 6.49. The molecule has 3 aromatic rings. The molecule has 2 aliphatic rings. The minimum Gasteiger partial charge on any atom is -0.490 e. The van der Waals surface area contributed by atoms with Gasteiger partial charge in [-0.25, -0.2) is 0 Å². The Bertz CT molecular complexity index is 1060. The van der Waals surface area contributed by atoms with E-state index in [1.54, 1.807) is 0 Å². The largest absolute Gasteiger partial charge is 0.490 e. The second-order valence-electron chi connectivity index (χ2n) is 9.00. The highest BCUT2D eigenvalue weighted by Gasteiger charge is 2.41. The number of pyridine rings is 1. The van der Waals surface area contributed by atoms with Crippen LogP contribution < -0.4 is 15.0 Å². The lowest BCUT2D eigenvalue weighted by Gasteiger charge is -2.27. The number of rotatable bonds is 6. The number of hydrogen-bond acceptors (Lipinski definition) is 3. The van der Waals surface area contributed by atoms with Crippen molar-refractivity contribution in [3.8, 4) is 5.75 Å². The molecule has 1 saturated heterocycles. The predicted octanol–water partition coefficient (Wildman–Crippen LogP) is 5.96. The number of anilines is 1. The van der Waals surface area contributed by atoms with E-state index in [-0.39, 0.29) is 12.1 Å². The molecule has 0 radical (unpaired) electrons. The van der Waals surface area contributed by atoms with Crippen LogP contribution in [0.4, 0.5) is 5.69 Å². The van der Waals surface area contributed by atoms with Gasteiger partial charge in [-0.15, -0.1) is 0 Å². The maximum Gasteiger partial charge on any atom is 0.174 e. The summed E-state index contributed by atoms with van der Waals surface area (Å²) in [6, 6.07) is 17.0. The highest BCUT2D eigenvalue weighted by Crippen LogP contribution is 2.42. The number of ether oxygens (including phenoxy) is 1. The number of thiocarbonyl (C=S) groups is 1. The van der Waals surface area contributed by atoms with E-state index in [0.717, 1.165) is 30.0 Å². The number of aromatic nitrogens is 2. The zero-order valence-corrected chi connectivity index (χ0v) is 19.5. The molecule has 6 heteroatoms. The van der Waals surface area contributed by atoms with Crippen LogP contribution in [0.2, 0.25) is 0 Å². The number of nitrogens with zero attached hydrogens (tertiary/aromatic N) is 3. The van der Waals surface area contributed by atoms with Crippen molar-refractivity contribution in [2.45, 2.75) is 63.8 Å². The van der Waals surface area contributed by atoms with E-state index >= 15 is 0 Å². The fraction of sp³-hybridized carbons (Fsp3) is 0.385. The summed E-state index contributed by atoms with van der Waals surface area (Å²) < 4.78 is 8.41. The van der Waals surface area contributed by atoms with Gasteiger partial charge in [-0.05, 0) is 99.8 Å². The molecule has 5 rings (SSSR count). The molecule has 166 valence electrons. The molecule has 0 spiro atoms. The van der Waals surface area contributed by atoms with Gasteiger partial charge in [0.15, 0.2) is 5.11 Å². The molecule has 2 fully saturated rings. The van der Waals surface area contributed by atoms with E-state index in [9.17, 15) is 0 Å². The summed E-state index contributed by atoms with van der Waals surface area (Å²) in [5, 5.41) is 4.25. The molecule has 1 saturated carbocycles. The average Bonchev–Trinajstić information content (AvgIpc) is 3.55. The quantitative estimate of drug-likeness (QED) is 0.473. The number of nitrogens with one attached hydrogen (secondary N) is 1. The van der Waals surface area contributed by atoms with Crippen molar-refractivity contribution < 1.29 is 4.74 Å². The fourth-order valence-corrected chi connectivity index (χ4v) is 5.13. The first-order valence-corrected chi connectivity index (χ1v) is 12.0. The lowest BCUT2D eigenvalue weighted by Crippen LogP contribution is -2.29. The van der Waals surface area contributed by atoms with Gasteiger partial charge < -0.3 is 19.5 Å². The highest BCUT2D eigenvalue weighted by atomic mass is 32.1. The highest BCUT2D eigenvalue weighted by molar-refractivity contribution is 7.80. The number of hydrogen-bond donors (Lipinski definition) is 1. The van der Waals surface area contributed by atoms with E-state index in [1.165, 1.54) is 18.4 Å². The normalized spacial score (nSPS) is 21.3. The summed E-state index contributed by atoms with van der Waals surface area (Å²) in [5.41, 5.74) is 3.26. The Morgan fingerprint density at radius 1 is 1.06 bits per heavy atom. The Kier molecular flexibility index (Phi) is 5.87. The van der Waals surface area contributed by atoms with Crippen molar-refractivity contribution in [1.82, 2.24) is 14.9 Å². The average molecular weight is 447 g/mol. The van der Waals surface area contributed by atoms with Crippen molar-refractivity contribution in [1.29, 1.82) is 0 Å². The van der Waals surface area contributed by atoms with Crippen LogP contribution in [0.5, 0.6) is 5.75 Å². The predicted molar refractivity (Wildman–Crippen MR) is 132 cm³/mol. The standard InChI is InChI=1S/C26H30N4OS/c1-18(2)29-16-14-19(17-29)25-24(23-9-5-6-15-27-23)28-26(32)30(25)20-10-12-22(13-11-20)31-21-7-3-4-8-21/h5-6,9-18,21,24-25H,3-4,7-8H2,1-2H3,(H,28,32). The van der Waals surface area contributed by atoms with Gasteiger partial charge in [0, 0.05) is 30.3 Å². The van der Waals surface area contributed by atoms with Crippen LogP contribution in [0.25, 0.3) is 0 Å². The summed E-state index contributed by atoms with van der Waals surface area (Å²) in [7, 11) is 0. The second-order valence-corrected chi connectivity index (χ2v) is 9.39. The minimum absolute atomic E-state index is 0.0130. The van der Waals surface area contributed by atoms with Gasteiger partial charge in [0.1, 0.15) is 5.75 Å². The molecule has 0 bridgehead atoms. The van der Waals surface area contributed by atoms with Crippen LogP contribution in [-0.4, -0.2) is 20.8 Å². The maximum atomic E-state index is 6.17. The van der Waals surface area contributed by atoms with Crippen LogP contribution in [0, 0.1) is 0 Å². The zero-order valence-electron chi connectivity index (χ0n) is 18.6. The van der Waals surface area contributed by atoms with Crippen LogP contribution in [-0.2, 0) is 0 Å². The molecule has 2 unspecified atom stereocenters. The molecular formula is C26H30N4OS. The van der Waals surface area contributed by atoms with Crippen molar-refractivity contribution in [2.24, 2.45) is 0 Å². The van der Waals surface area contributed by atoms with Gasteiger partial charge in [0.05, 0.1) is 23.9 Å². The van der Waals surface area contributed by atoms with E-state index in [4.69, 9.17) is 17.0 Å². The molecule has 1 aliphatic carbocycles. The second kappa shape index (κ2) is 8.94. The van der Waals surface area contributed by atoms with Crippen molar-refractivity contribution in [3.05, 3.63) is 78.4 Å². The maximum absolute atomic E-state index is 6.17. The van der Waals surface area contributed by atoms with E-state index in [1.807, 2.05) is 18.3 Å². The Morgan fingerprint density at radius 3 is 2.50 bits per heavy atom. The molecule has 2 atom stereocenters. The molecule has 5 nitrogen and oxygen atoms in total. The first-order chi connectivity index (χ1) is 15.6. The molecule has 1 aliphatic heterocycles. The van der Waals surface area contributed by atoms with Gasteiger partial charge in [-0.2, -0.15) is 0 Å². The Labute approximate surface area is 195 Å². The van der Waals surface area contributed by atoms with Gasteiger partial charge in [-0.3, -0.25) is 4.98 Å². The summed E-state index contributed by atoms with van der Waals surface area (Å²) in [6.07, 6.45) is 11.4. The van der Waals surface area contributed by atoms with Gasteiger partial charge >= 0.3 is 0 Å². The Hall–Kier alpha value is -2.86. The number of benzene rings is 1. The zero-order chi connectivity index (χ0) is 22.1. The van der Waals surface area contributed by atoms with Crippen LogP contribution in [0.15, 0.2) is 67.1 Å². The monoisotopic (exact) mass is 446 g/mol. The lowest BCUT2D eigenvalue weighted by atomic mass is 9.98. The van der Waals surface area contributed by atoms with Crippen LogP contribution >= 0.6 is 12.2 Å². The molecule has 32 heavy (non-hydrogen) atoms. The van der Waals surface area contributed by atoms with Crippen molar-refractivity contribution in [2.75, 3.05) is 4.90 Å². The third kappa shape index (κ3) is 4.11. The van der Waals surface area contributed by atoms with E-state index < -0.39 is 0 Å². The van der Waals surface area contributed by atoms with Crippen molar-refractivity contribution in [3.63, 3.8) is 0 Å². The van der Waals surface area contributed by atoms with Gasteiger partial charge in [-0.1, -0.05) is 6.07 Å². The first kappa shape index (κ1) is 21.0. The summed E-state index contributed by atoms with van der Waals surface area (Å²) in [6.45, 7) is 4.39. The van der Waals surface area contributed by atoms with E-state index in [2.05, 4.69) is 82.4 Å². The SMILES string of the molecule is CC(C)n1ccc(C2C(c3ccccn3)NC(=S)N2c2ccc(OC3CCCC3)cc2)c1. The molecule has 3 heterocycles. The topological polar surface area (TPSA) is 42.3 Å². The van der Waals surface area contributed by atoms with Gasteiger partial charge in [0.25, 0.3) is 0 Å². The molecule has 2 aromatic heterocycles. The lowest BCUT2D eigenvalue weighted by molar-refractivity contribution is 0.210.